The summed E-state index contributed by atoms with van der Waals surface area (Å²) in [6.07, 6.45) is 2.81. The molecule has 0 unspecified atom stereocenters. The standard InChI is InChI=1S/C16H22N6O3/c1-16(2)7-9(6-10(23)8-16)18-19-14-17-12-11(20(14)3)13(24)22(5)15(25)21(12)4/h6,18H,7-8H2,1-5H3,(H,17,19). The van der Waals surface area contributed by atoms with Gasteiger partial charge >= 0.3 is 5.69 Å². The number of carbonyl (C=O) groups excluding carboxylic acids is 1. The van der Waals surface area contributed by atoms with Gasteiger partial charge in [-0.05, 0) is 11.8 Å². The van der Waals surface area contributed by atoms with Crippen LogP contribution in [0.5, 0.6) is 0 Å². The Labute approximate surface area is 143 Å². The van der Waals surface area contributed by atoms with E-state index in [1.54, 1.807) is 24.7 Å². The number of hydrazine groups is 1. The van der Waals surface area contributed by atoms with Crippen molar-refractivity contribution in [3.63, 3.8) is 0 Å². The first kappa shape index (κ1) is 17.0. The number of hydrogen-bond acceptors (Lipinski definition) is 6. The molecule has 0 saturated carbocycles. The molecule has 134 valence electrons. The molecule has 0 aromatic carbocycles. The summed E-state index contributed by atoms with van der Waals surface area (Å²) in [4.78, 5) is 40.6. The molecule has 0 bridgehead atoms. The van der Waals surface area contributed by atoms with Crippen molar-refractivity contribution in [1.29, 1.82) is 0 Å². The first-order valence-corrected chi connectivity index (χ1v) is 7.98. The van der Waals surface area contributed by atoms with Gasteiger partial charge in [-0.25, -0.2) is 4.79 Å². The second-order valence-corrected chi connectivity index (χ2v) is 7.28. The van der Waals surface area contributed by atoms with Gasteiger partial charge in [-0.3, -0.25) is 24.1 Å². The van der Waals surface area contributed by atoms with Gasteiger partial charge in [0, 0.05) is 39.3 Å². The van der Waals surface area contributed by atoms with Gasteiger partial charge < -0.3 is 9.99 Å². The first-order valence-electron chi connectivity index (χ1n) is 7.98. The number of allylic oxidation sites excluding steroid dienone is 2. The van der Waals surface area contributed by atoms with Crippen molar-refractivity contribution in [2.45, 2.75) is 26.7 Å². The maximum atomic E-state index is 12.4. The monoisotopic (exact) mass is 346 g/mol. The molecule has 25 heavy (non-hydrogen) atoms. The maximum absolute atomic E-state index is 12.4. The SMILES string of the molecule is Cn1c(=O)c2c(nc(NNC3=CC(=O)CC(C)(C)C3)n2C)n(C)c1=O. The second-order valence-electron chi connectivity index (χ2n) is 7.28. The molecule has 2 aromatic rings. The lowest BCUT2D eigenvalue weighted by Crippen LogP contribution is -2.37. The van der Waals surface area contributed by atoms with E-state index in [0.717, 1.165) is 16.7 Å². The molecule has 0 spiro atoms. The van der Waals surface area contributed by atoms with Crippen LogP contribution in [0.1, 0.15) is 26.7 Å². The van der Waals surface area contributed by atoms with E-state index in [-0.39, 0.29) is 11.2 Å². The van der Waals surface area contributed by atoms with Crippen LogP contribution in [0.4, 0.5) is 5.95 Å². The summed E-state index contributed by atoms with van der Waals surface area (Å²) in [6, 6.07) is 0. The van der Waals surface area contributed by atoms with E-state index < -0.39 is 11.2 Å². The number of nitrogens with zero attached hydrogens (tertiary/aromatic N) is 4. The van der Waals surface area contributed by atoms with Crippen molar-refractivity contribution < 1.29 is 4.79 Å². The van der Waals surface area contributed by atoms with Gasteiger partial charge in [0.15, 0.2) is 16.9 Å². The van der Waals surface area contributed by atoms with E-state index in [0.29, 0.717) is 23.5 Å². The van der Waals surface area contributed by atoms with Gasteiger partial charge in [0.1, 0.15) is 0 Å². The Morgan fingerprint density at radius 1 is 1.00 bits per heavy atom. The fraction of sp³-hybridized carbons (Fsp3) is 0.500. The highest BCUT2D eigenvalue weighted by Crippen LogP contribution is 2.32. The van der Waals surface area contributed by atoms with Crippen LogP contribution in [-0.2, 0) is 25.9 Å². The molecule has 0 radical (unpaired) electrons. The molecule has 0 atom stereocenters. The molecule has 1 aliphatic rings. The molecule has 1 aliphatic carbocycles. The Balaban J connectivity index is 1.96. The largest absolute Gasteiger partial charge is 0.332 e. The van der Waals surface area contributed by atoms with Gasteiger partial charge in [0.25, 0.3) is 5.56 Å². The molecule has 3 rings (SSSR count). The van der Waals surface area contributed by atoms with Crippen molar-refractivity contribution in [1.82, 2.24) is 24.1 Å². The Kier molecular flexibility index (Phi) is 3.81. The lowest BCUT2D eigenvalue weighted by Gasteiger charge is -2.29. The number of carbonyl (C=O) groups is 1. The van der Waals surface area contributed by atoms with Crippen LogP contribution in [0.3, 0.4) is 0 Å². The van der Waals surface area contributed by atoms with Crippen molar-refractivity contribution in [2.75, 3.05) is 5.43 Å². The van der Waals surface area contributed by atoms with E-state index >= 15 is 0 Å². The summed E-state index contributed by atoms with van der Waals surface area (Å²) in [5, 5.41) is 0. The number of fused-ring (bicyclic) bond motifs is 1. The van der Waals surface area contributed by atoms with Crippen molar-refractivity contribution in [3.05, 3.63) is 32.6 Å². The number of ketones is 1. The Hall–Kier alpha value is -2.84. The van der Waals surface area contributed by atoms with Crippen LogP contribution < -0.4 is 22.1 Å². The zero-order chi connectivity index (χ0) is 18.5. The van der Waals surface area contributed by atoms with Crippen LogP contribution in [0.25, 0.3) is 11.2 Å². The Bertz CT molecular complexity index is 1020. The predicted octanol–water partition coefficient (Wildman–Crippen LogP) is 0.160. The van der Waals surface area contributed by atoms with E-state index in [2.05, 4.69) is 15.8 Å². The van der Waals surface area contributed by atoms with E-state index in [1.807, 2.05) is 13.8 Å². The second kappa shape index (κ2) is 5.61. The predicted molar refractivity (Wildman–Crippen MR) is 94.1 cm³/mol. The number of hydrogen-bond donors (Lipinski definition) is 2. The van der Waals surface area contributed by atoms with E-state index in [9.17, 15) is 14.4 Å². The summed E-state index contributed by atoms with van der Waals surface area (Å²) in [7, 11) is 4.69. The minimum atomic E-state index is -0.433. The summed E-state index contributed by atoms with van der Waals surface area (Å²) in [5.74, 6) is 0.451. The zero-order valence-corrected chi connectivity index (χ0v) is 15.0. The number of nitrogens with one attached hydrogen (secondary N) is 2. The Morgan fingerprint density at radius 2 is 1.68 bits per heavy atom. The average molecular weight is 346 g/mol. The minimum Gasteiger partial charge on any atom is -0.306 e. The van der Waals surface area contributed by atoms with Crippen molar-refractivity contribution in [3.8, 4) is 0 Å². The highest BCUT2D eigenvalue weighted by Gasteiger charge is 2.27. The van der Waals surface area contributed by atoms with Crippen LogP contribution in [0.2, 0.25) is 0 Å². The first-order chi connectivity index (χ1) is 11.6. The number of anilines is 1. The fourth-order valence-electron chi connectivity index (χ4n) is 3.19. The third kappa shape index (κ3) is 2.86. The topological polar surface area (TPSA) is 103 Å². The summed E-state index contributed by atoms with van der Waals surface area (Å²) < 4.78 is 3.96. The van der Waals surface area contributed by atoms with Crippen LogP contribution in [-0.4, -0.2) is 24.5 Å². The minimum absolute atomic E-state index is 0.0711. The maximum Gasteiger partial charge on any atom is 0.332 e. The smallest absolute Gasteiger partial charge is 0.306 e. The van der Waals surface area contributed by atoms with Crippen LogP contribution in [0.15, 0.2) is 21.4 Å². The van der Waals surface area contributed by atoms with E-state index in [1.165, 1.54) is 11.6 Å². The molecule has 0 fully saturated rings. The van der Waals surface area contributed by atoms with Gasteiger partial charge in [0.05, 0.1) is 0 Å². The molecular formula is C16H22N6O3. The molecule has 9 nitrogen and oxygen atoms in total. The summed E-state index contributed by atoms with van der Waals surface area (Å²) in [5.41, 5.74) is 6.38. The third-order valence-electron chi connectivity index (χ3n) is 4.47. The number of imidazole rings is 1. The van der Waals surface area contributed by atoms with Crippen molar-refractivity contribution in [2.24, 2.45) is 26.6 Å². The molecule has 9 heteroatoms. The normalized spacial score (nSPS) is 16.8. The van der Waals surface area contributed by atoms with Gasteiger partial charge in [0.2, 0.25) is 5.95 Å². The highest BCUT2D eigenvalue weighted by atomic mass is 16.2. The molecular weight excluding hydrogens is 324 g/mol. The molecule has 0 saturated heterocycles. The summed E-state index contributed by atoms with van der Waals surface area (Å²) >= 11 is 0. The quantitative estimate of drug-likeness (QED) is 0.768. The lowest BCUT2D eigenvalue weighted by molar-refractivity contribution is -0.117. The summed E-state index contributed by atoms with van der Waals surface area (Å²) in [6.45, 7) is 4.07. The molecule has 2 aromatic heterocycles. The van der Waals surface area contributed by atoms with Gasteiger partial charge in [-0.2, -0.15) is 4.98 Å². The van der Waals surface area contributed by atoms with Gasteiger partial charge in [-0.15, -0.1) is 0 Å². The van der Waals surface area contributed by atoms with Crippen LogP contribution in [0, 0.1) is 5.41 Å². The van der Waals surface area contributed by atoms with E-state index in [4.69, 9.17) is 0 Å². The third-order valence-corrected chi connectivity index (χ3v) is 4.47. The van der Waals surface area contributed by atoms with Gasteiger partial charge in [-0.1, -0.05) is 13.8 Å². The number of aromatic nitrogens is 4. The molecule has 0 aliphatic heterocycles. The van der Waals surface area contributed by atoms with Crippen molar-refractivity contribution >= 4 is 22.9 Å². The van der Waals surface area contributed by atoms with Crippen LogP contribution >= 0.6 is 0 Å². The highest BCUT2D eigenvalue weighted by molar-refractivity contribution is 5.91. The number of rotatable bonds is 3. The fourth-order valence-corrected chi connectivity index (χ4v) is 3.19. The molecule has 2 N–H and O–H groups in total. The lowest BCUT2D eigenvalue weighted by atomic mass is 9.79. The number of aryl methyl sites for hydroxylation is 2. The average Bonchev–Trinajstić information content (AvgIpc) is 2.84. The molecule has 0 amide bonds. The zero-order valence-electron chi connectivity index (χ0n) is 15.0. The Morgan fingerprint density at radius 3 is 2.32 bits per heavy atom. The molecule has 2 heterocycles.